The minimum atomic E-state index is -0.505. The van der Waals surface area contributed by atoms with Gasteiger partial charge in [-0.3, -0.25) is 0 Å². The third kappa shape index (κ3) is 4.16. The predicted octanol–water partition coefficient (Wildman–Crippen LogP) is 3.93. The number of rotatable bonds is 6. The monoisotopic (exact) mass is 301 g/mol. The van der Waals surface area contributed by atoms with E-state index in [9.17, 15) is 4.79 Å². The minimum Gasteiger partial charge on any atom is -0.302 e. The first-order valence-corrected chi connectivity index (χ1v) is 7.36. The maximum absolute atomic E-state index is 11.6. The van der Waals surface area contributed by atoms with Gasteiger partial charge < -0.3 is 9.69 Å². The van der Waals surface area contributed by atoms with Gasteiger partial charge in [-0.2, -0.15) is 0 Å². The van der Waals surface area contributed by atoms with E-state index in [4.69, 9.17) is 11.6 Å². The van der Waals surface area contributed by atoms with Crippen molar-refractivity contribution in [1.82, 2.24) is 4.90 Å². The van der Waals surface area contributed by atoms with Crippen LogP contribution in [0.1, 0.15) is 18.1 Å². The third-order valence-electron chi connectivity index (χ3n) is 3.63. The van der Waals surface area contributed by atoms with Crippen LogP contribution in [0.15, 0.2) is 54.6 Å². The molecule has 2 aromatic rings. The van der Waals surface area contributed by atoms with Crippen molar-refractivity contribution in [1.29, 1.82) is 0 Å². The molecule has 3 heteroatoms. The van der Waals surface area contributed by atoms with Gasteiger partial charge in [-0.25, -0.2) is 0 Å². The molecule has 0 saturated heterocycles. The van der Waals surface area contributed by atoms with E-state index in [1.807, 2.05) is 68.6 Å². The fourth-order valence-corrected chi connectivity index (χ4v) is 2.79. The van der Waals surface area contributed by atoms with Crippen LogP contribution in [0, 0.1) is 0 Å². The number of benzene rings is 2. The molecule has 0 N–H and O–H groups in total. The second kappa shape index (κ2) is 6.88. The van der Waals surface area contributed by atoms with Gasteiger partial charge in [-0.05, 0) is 37.2 Å². The van der Waals surface area contributed by atoms with Crippen LogP contribution in [0.4, 0.5) is 0 Å². The SMILES string of the molecule is CN(Cc1cccc(Cl)c1)CC(C)(C=O)c1ccccc1. The molecule has 0 bridgehead atoms. The van der Waals surface area contributed by atoms with Crippen molar-refractivity contribution in [3.05, 3.63) is 70.7 Å². The van der Waals surface area contributed by atoms with Crippen molar-refractivity contribution in [2.24, 2.45) is 0 Å². The standard InChI is InChI=1S/C18H20ClNO/c1-18(14-21,16-8-4-3-5-9-16)13-20(2)12-15-7-6-10-17(19)11-15/h3-11,14H,12-13H2,1-2H3. The number of aldehydes is 1. The molecule has 0 radical (unpaired) electrons. The second-order valence-electron chi connectivity index (χ2n) is 5.70. The lowest BCUT2D eigenvalue weighted by atomic mass is 9.83. The third-order valence-corrected chi connectivity index (χ3v) is 3.87. The fraction of sp³-hybridized carbons (Fsp3) is 0.278. The molecule has 1 unspecified atom stereocenters. The van der Waals surface area contributed by atoms with E-state index in [2.05, 4.69) is 4.90 Å². The lowest BCUT2D eigenvalue weighted by molar-refractivity contribution is -0.112. The molecule has 0 aliphatic rings. The molecule has 2 rings (SSSR count). The van der Waals surface area contributed by atoms with Crippen molar-refractivity contribution >= 4 is 17.9 Å². The average Bonchev–Trinajstić information content (AvgIpc) is 2.48. The summed E-state index contributed by atoms with van der Waals surface area (Å²) in [4.78, 5) is 13.8. The van der Waals surface area contributed by atoms with Crippen LogP contribution < -0.4 is 0 Å². The summed E-state index contributed by atoms with van der Waals surface area (Å²) in [7, 11) is 2.02. The predicted molar refractivity (Wildman–Crippen MR) is 87.6 cm³/mol. The van der Waals surface area contributed by atoms with E-state index < -0.39 is 5.41 Å². The van der Waals surface area contributed by atoms with Gasteiger partial charge in [0, 0.05) is 18.1 Å². The molecular weight excluding hydrogens is 282 g/mol. The van der Waals surface area contributed by atoms with E-state index >= 15 is 0 Å². The van der Waals surface area contributed by atoms with Crippen LogP contribution >= 0.6 is 11.6 Å². The molecule has 2 nitrogen and oxygen atoms in total. The molecular formula is C18H20ClNO. The zero-order valence-corrected chi connectivity index (χ0v) is 13.2. The smallest absolute Gasteiger partial charge is 0.131 e. The molecule has 1 atom stereocenters. The van der Waals surface area contributed by atoms with Crippen LogP contribution in [-0.4, -0.2) is 24.8 Å². The quantitative estimate of drug-likeness (QED) is 0.754. The normalized spacial score (nSPS) is 13.9. The summed E-state index contributed by atoms with van der Waals surface area (Å²) in [6.45, 7) is 3.40. The van der Waals surface area contributed by atoms with Gasteiger partial charge in [0.1, 0.15) is 6.29 Å². The summed E-state index contributed by atoms with van der Waals surface area (Å²) < 4.78 is 0. The number of hydrogen-bond donors (Lipinski definition) is 0. The molecule has 0 aliphatic heterocycles. The summed E-state index contributed by atoms with van der Waals surface area (Å²) in [5.41, 5.74) is 1.68. The first-order valence-electron chi connectivity index (χ1n) is 6.98. The molecule has 0 fully saturated rings. The molecule has 0 aromatic heterocycles. The van der Waals surface area contributed by atoms with Gasteiger partial charge in [0.05, 0.1) is 5.41 Å². The summed E-state index contributed by atoms with van der Waals surface area (Å²) in [5.74, 6) is 0. The van der Waals surface area contributed by atoms with Gasteiger partial charge in [-0.15, -0.1) is 0 Å². The zero-order valence-electron chi connectivity index (χ0n) is 12.4. The Hall–Kier alpha value is -1.64. The van der Waals surface area contributed by atoms with E-state index in [1.165, 1.54) is 0 Å². The summed E-state index contributed by atoms with van der Waals surface area (Å²) in [6.07, 6.45) is 1.04. The van der Waals surface area contributed by atoms with Crippen molar-refractivity contribution in [2.75, 3.05) is 13.6 Å². The maximum Gasteiger partial charge on any atom is 0.131 e. The maximum atomic E-state index is 11.6. The van der Waals surface area contributed by atoms with E-state index in [1.54, 1.807) is 0 Å². The van der Waals surface area contributed by atoms with Crippen LogP contribution in [0.3, 0.4) is 0 Å². The highest BCUT2D eigenvalue weighted by Crippen LogP contribution is 2.23. The molecule has 0 saturated carbocycles. The lowest BCUT2D eigenvalue weighted by Crippen LogP contribution is -2.37. The highest BCUT2D eigenvalue weighted by molar-refractivity contribution is 6.30. The number of halogens is 1. The Bertz CT molecular complexity index is 599. The average molecular weight is 302 g/mol. The van der Waals surface area contributed by atoms with E-state index in [0.29, 0.717) is 6.54 Å². The second-order valence-corrected chi connectivity index (χ2v) is 6.14. The number of hydrogen-bond acceptors (Lipinski definition) is 2. The molecule has 0 spiro atoms. The van der Waals surface area contributed by atoms with Crippen molar-refractivity contribution < 1.29 is 4.79 Å². The summed E-state index contributed by atoms with van der Waals surface area (Å²) in [5, 5.41) is 0.738. The zero-order chi connectivity index (χ0) is 15.3. The number of carbonyl (C=O) groups excluding carboxylic acids is 1. The Labute approximate surface area is 131 Å². The van der Waals surface area contributed by atoms with Crippen molar-refractivity contribution in [2.45, 2.75) is 18.9 Å². The Morgan fingerprint density at radius 3 is 2.48 bits per heavy atom. The lowest BCUT2D eigenvalue weighted by Gasteiger charge is -2.29. The molecule has 110 valence electrons. The van der Waals surface area contributed by atoms with Gasteiger partial charge in [0.25, 0.3) is 0 Å². The molecule has 0 heterocycles. The highest BCUT2D eigenvalue weighted by atomic mass is 35.5. The number of likely N-dealkylation sites (N-methyl/N-ethyl adjacent to an activating group) is 1. The summed E-state index contributed by atoms with van der Waals surface area (Å²) >= 11 is 6.01. The first kappa shape index (κ1) is 15.7. The Morgan fingerprint density at radius 1 is 1.14 bits per heavy atom. The van der Waals surface area contributed by atoms with Gasteiger partial charge in [0.2, 0.25) is 0 Å². The molecule has 2 aromatic carbocycles. The van der Waals surface area contributed by atoms with Crippen LogP contribution in [0.2, 0.25) is 5.02 Å². The molecule has 0 aliphatic carbocycles. The number of nitrogens with zero attached hydrogens (tertiary/aromatic N) is 1. The van der Waals surface area contributed by atoms with Crippen LogP contribution in [0.25, 0.3) is 0 Å². The van der Waals surface area contributed by atoms with E-state index in [-0.39, 0.29) is 0 Å². The Kier molecular flexibility index (Phi) is 5.16. The van der Waals surface area contributed by atoms with Crippen molar-refractivity contribution in [3.8, 4) is 0 Å². The van der Waals surface area contributed by atoms with Crippen LogP contribution in [0.5, 0.6) is 0 Å². The van der Waals surface area contributed by atoms with E-state index in [0.717, 1.165) is 29.0 Å². The largest absolute Gasteiger partial charge is 0.302 e. The molecule has 21 heavy (non-hydrogen) atoms. The number of carbonyl (C=O) groups is 1. The molecule has 0 amide bonds. The van der Waals surface area contributed by atoms with Gasteiger partial charge >= 0.3 is 0 Å². The summed E-state index contributed by atoms with van der Waals surface area (Å²) in [6, 6.07) is 17.7. The van der Waals surface area contributed by atoms with Crippen molar-refractivity contribution in [3.63, 3.8) is 0 Å². The Balaban J connectivity index is 2.09. The Morgan fingerprint density at radius 2 is 1.86 bits per heavy atom. The highest BCUT2D eigenvalue weighted by Gasteiger charge is 2.27. The minimum absolute atomic E-state index is 0.505. The van der Waals surface area contributed by atoms with Gasteiger partial charge in [-0.1, -0.05) is 54.1 Å². The fourth-order valence-electron chi connectivity index (χ4n) is 2.58. The topological polar surface area (TPSA) is 20.3 Å². The first-order chi connectivity index (χ1) is 10.0. The van der Waals surface area contributed by atoms with Crippen LogP contribution in [-0.2, 0) is 16.8 Å². The van der Waals surface area contributed by atoms with Gasteiger partial charge in [0.15, 0.2) is 0 Å².